The lowest BCUT2D eigenvalue weighted by Gasteiger charge is -2.25. The average molecular weight is 319 g/mol. The van der Waals surface area contributed by atoms with Crippen LogP contribution in [0.5, 0.6) is 0 Å². The highest BCUT2D eigenvalue weighted by atomic mass is 32.2. The van der Waals surface area contributed by atoms with E-state index in [1.54, 1.807) is 23.9 Å². The van der Waals surface area contributed by atoms with Crippen molar-refractivity contribution in [2.24, 2.45) is 4.99 Å². The molecule has 4 rings (SSSR count). The highest BCUT2D eigenvalue weighted by Gasteiger charge is 2.26. The lowest BCUT2D eigenvalue weighted by atomic mass is 9.79. The van der Waals surface area contributed by atoms with Gasteiger partial charge < -0.3 is 10.0 Å². The monoisotopic (exact) mass is 319 g/mol. The number of fused-ring (bicyclic) bond motifs is 2. The molecule has 3 nitrogen and oxygen atoms in total. The summed E-state index contributed by atoms with van der Waals surface area (Å²) in [5, 5.41) is 18.5. The second-order valence-electron chi connectivity index (χ2n) is 5.50. The topological polar surface area (TPSA) is 52.8 Å². The van der Waals surface area contributed by atoms with Crippen LogP contribution in [0, 0.1) is 0 Å². The van der Waals surface area contributed by atoms with Gasteiger partial charge in [-0.3, -0.25) is 4.99 Å². The number of aliphatic imine (C=N–C) groups is 1. The van der Waals surface area contributed by atoms with Crippen LogP contribution in [0.4, 0.5) is 5.69 Å². The molecule has 2 aromatic carbocycles. The van der Waals surface area contributed by atoms with Gasteiger partial charge in [0, 0.05) is 15.7 Å². The molecule has 0 saturated carbocycles. The summed E-state index contributed by atoms with van der Waals surface area (Å²) in [6.07, 6.45) is 6.29. The molecule has 0 radical (unpaired) electrons. The molecular formula is C18H14BNO2S. The number of benzene rings is 2. The molecule has 2 N–H and O–H groups in total. The van der Waals surface area contributed by atoms with Crippen LogP contribution in [-0.2, 0) is 0 Å². The fraction of sp³-hybridized carbons (Fsp3) is 0.0556. The molecule has 23 heavy (non-hydrogen) atoms. The number of nitrogens with zero attached hydrogens (tertiary/aromatic N) is 1. The zero-order valence-corrected chi connectivity index (χ0v) is 13.1. The number of thioether (sulfide) groups is 1. The molecule has 1 aliphatic heterocycles. The fourth-order valence-corrected chi connectivity index (χ4v) is 3.85. The third kappa shape index (κ3) is 2.67. The summed E-state index contributed by atoms with van der Waals surface area (Å²) in [6.45, 7) is 0. The molecule has 2 aliphatic rings. The van der Waals surface area contributed by atoms with Crippen molar-refractivity contribution < 1.29 is 10.0 Å². The third-order valence-corrected chi connectivity index (χ3v) is 5.15. The van der Waals surface area contributed by atoms with E-state index >= 15 is 0 Å². The maximum atomic E-state index is 9.23. The van der Waals surface area contributed by atoms with Gasteiger partial charge in [0.25, 0.3) is 0 Å². The van der Waals surface area contributed by atoms with E-state index < -0.39 is 7.12 Å². The molecular weight excluding hydrogens is 305 g/mol. The first-order valence-electron chi connectivity index (χ1n) is 7.43. The van der Waals surface area contributed by atoms with Crippen molar-refractivity contribution in [1.29, 1.82) is 0 Å². The minimum atomic E-state index is -1.43. The summed E-state index contributed by atoms with van der Waals surface area (Å²) in [5.41, 5.74) is 3.64. The van der Waals surface area contributed by atoms with Crippen LogP contribution in [0.25, 0.3) is 0 Å². The molecule has 1 heterocycles. The van der Waals surface area contributed by atoms with E-state index in [0.717, 1.165) is 17.0 Å². The van der Waals surface area contributed by atoms with Gasteiger partial charge in [0.2, 0.25) is 0 Å². The molecule has 1 atom stereocenters. The first-order valence-corrected chi connectivity index (χ1v) is 8.24. The Bertz CT molecular complexity index is 840. The van der Waals surface area contributed by atoms with E-state index in [9.17, 15) is 10.0 Å². The Balaban J connectivity index is 1.74. The largest absolute Gasteiger partial charge is 0.488 e. The summed E-state index contributed by atoms with van der Waals surface area (Å²) in [5.74, 6) is 0.0840. The maximum absolute atomic E-state index is 9.23. The molecule has 1 aliphatic carbocycles. The first-order chi connectivity index (χ1) is 11.2. The maximum Gasteiger partial charge on any atom is 0.488 e. The van der Waals surface area contributed by atoms with Crippen molar-refractivity contribution in [3.63, 3.8) is 0 Å². The Hall–Kier alpha value is -2.08. The van der Waals surface area contributed by atoms with Crippen molar-refractivity contribution in [2.45, 2.75) is 10.8 Å². The van der Waals surface area contributed by atoms with Gasteiger partial charge in [0.05, 0.1) is 11.4 Å². The molecule has 0 bridgehead atoms. The standard InChI is InChI=1S/C18H14BNO2S/c21-19(22)13-10-8-12(9-11-13)14-4-3-7-17-18(14)20-15-5-1-2-6-16(15)23-17/h1-11,14,21-22H. The molecule has 1 unspecified atom stereocenters. The molecule has 5 heteroatoms. The van der Waals surface area contributed by atoms with E-state index in [2.05, 4.69) is 24.3 Å². The van der Waals surface area contributed by atoms with Crippen LogP contribution in [0.15, 0.2) is 81.6 Å². The Morgan fingerprint density at radius 1 is 1.00 bits per heavy atom. The summed E-state index contributed by atoms with van der Waals surface area (Å²) < 4.78 is 0. The van der Waals surface area contributed by atoms with Gasteiger partial charge in [-0.25, -0.2) is 0 Å². The van der Waals surface area contributed by atoms with Crippen LogP contribution >= 0.6 is 11.8 Å². The predicted molar refractivity (Wildman–Crippen MR) is 95.6 cm³/mol. The van der Waals surface area contributed by atoms with Gasteiger partial charge in [-0.15, -0.1) is 0 Å². The summed E-state index contributed by atoms with van der Waals surface area (Å²) in [7, 11) is -1.43. The van der Waals surface area contributed by atoms with Crippen molar-refractivity contribution in [1.82, 2.24) is 0 Å². The molecule has 0 saturated heterocycles. The zero-order valence-electron chi connectivity index (χ0n) is 12.3. The summed E-state index contributed by atoms with van der Waals surface area (Å²) in [4.78, 5) is 7.21. The number of hydrogen-bond acceptors (Lipinski definition) is 4. The van der Waals surface area contributed by atoms with Crippen molar-refractivity contribution in [3.05, 3.63) is 77.2 Å². The van der Waals surface area contributed by atoms with Gasteiger partial charge in [-0.2, -0.15) is 0 Å². The molecule has 0 fully saturated rings. The van der Waals surface area contributed by atoms with Crippen molar-refractivity contribution >= 4 is 35.7 Å². The third-order valence-electron chi connectivity index (χ3n) is 4.02. The highest BCUT2D eigenvalue weighted by molar-refractivity contribution is 8.04. The molecule has 0 aromatic heterocycles. The Labute approximate surface area is 139 Å². The van der Waals surface area contributed by atoms with Gasteiger partial charge >= 0.3 is 7.12 Å². The van der Waals surface area contributed by atoms with Gasteiger partial charge in [-0.05, 0) is 29.2 Å². The SMILES string of the molecule is OB(O)c1ccc(C2C=CC=C3Sc4ccccc4N=C32)cc1. The summed E-state index contributed by atoms with van der Waals surface area (Å²) >= 11 is 1.75. The Morgan fingerprint density at radius 3 is 2.57 bits per heavy atom. The number of para-hydroxylation sites is 1. The van der Waals surface area contributed by atoms with Gasteiger partial charge in [0.1, 0.15) is 0 Å². The van der Waals surface area contributed by atoms with E-state index in [-0.39, 0.29) is 5.92 Å². The lowest BCUT2D eigenvalue weighted by molar-refractivity contribution is 0.426. The van der Waals surface area contributed by atoms with Crippen LogP contribution in [0.2, 0.25) is 0 Å². The number of rotatable bonds is 2. The molecule has 0 spiro atoms. The lowest BCUT2D eigenvalue weighted by Crippen LogP contribution is -2.29. The quantitative estimate of drug-likeness (QED) is 0.837. The first kappa shape index (κ1) is 14.5. The fourth-order valence-electron chi connectivity index (χ4n) is 2.82. The molecule has 2 aromatic rings. The van der Waals surface area contributed by atoms with E-state index in [1.165, 1.54) is 9.80 Å². The molecule has 0 amide bonds. The van der Waals surface area contributed by atoms with Gasteiger partial charge in [0.15, 0.2) is 0 Å². The predicted octanol–water partition coefficient (Wildman–Crippen LogP) is 2.78. The van der Waals surface area contributed by atoms with Crippen molar-refractivity contribution in [2.75, 3.05) is 0 Å². The second kappa shape index (κ2) is 5.85. The molecule has 112 valence electrons. The van der Waals surface area contributed by atoms with E-state index in [4.69, 9.17) is 4.99 Å². The minimum Gasteiger partial charge on any atom is -0.423 e. The average Bonchev–Trinajstić information content (AvgIpc) is 2.59. The normalized spacial score (nSPS) is 18.6. The Kier molecular flexibility index (Phi) is 3.69. The van der Waals surface area contributed by atoms with E-state index in [1.807, 2.05) is 30.3 Å². The van der Waals surface area contributed by atoms with E-state index in [0.29, 0.717) is 5.46 Å². The van der Waals surface area contributed by atoms with Crippen LogP contribution in [-0.4, -0.2) is 22.9 Å². The van der Waals surface area contributed by atoms with Crippen LogP contribution in [0.1, 0.15) is 11.5 Å². The number of allylic oxidation sites excluding steroid dienone is 4. The van der Waals surface area contributed by atoms with Crippen LogP contribution < -0.4 is 5.46 Å². The summed E-state index contributed by atoms with van der Waals surface area (Å²) in [6, 6.07) is 15.5. The smallest absolute Gasteiger partial charge is 0.423 e. The zero-order chi connectivity index (χ0) is 15.8. The number of hydrogen-bond donors (Lipinski definition) is 2. The van der Waals surface area contributed by atoms with Crippen molar-refractivity contribution in [3.8, 4) is 0 Å². The van der Waals surface area contributed by atoms with Gasteiger partial charge in [-0.1, -0.05) is 60.3 Å². The second-order valence-corrected chi connectivity index (χ2v) is 6.58. The minimum absolute atomic E-state index is 0.0840. The Morgan fingerprint density at radius 2 is 1.78 bits per heavy atom. The van der Waals surface area contributed by atoms with Crippen LogP contribution in [0.3, 0.4) is 0 Å². The highest BCUT2D eigenvalue weighted by Crippen LogP contribution is 2.44.